The standard InChI is InChI=1S/C17H23N3O/c1-14-4-5-15(2)20(14)13-9-17(21)19(3)12-8-16-6-10-18-11-7-16/h4-7,10-11H,8-9,12-13H2,1-3H3. The molecule has 2 rings (SSSR count). The number of carbonyl (C=O) groups excluding carboxylic acids is 1. The van der Waals surface area contributed by atoms with E-state index in [0.29, 0.717) is 6.42 Å². The van der Waals surface area contributed by atoms with E-state index in [2.05, 4.69) is 35.5 Å². The molecule has 0 N–H and O–H groups in total. The van der Waals surface area contributed by atoms with E-state index in [-0.39, 0.29) is 5.91 Å². The fourth-order valence-electron chi connectivity index (χ4n) is 2.42. The van der Waals surface area contributed by atoms with Gasteiger partial charge in [0.05, 0.1) is 0 Å². The molecule has 2 aromatic rings. The average Bonchev–Trinajstić information content (AvgIpc) is 2.82. The number of aryl methyl sites for hydroxylation is 2. The molecular formula is C17H23N3O. The predicted octanol–water partition coefficient (Wildman–Crippen LogP) is 2.59. The van der Waals surface area contributed by atoms with Gasteiger partial charge in [0.15, 0.2) is 0 Å². The minimum absolute atomic E-state index is 0.191. The molecule has 0 saturated heterocycles. The lowest BCUT2D eigenvalue weighted by Crippen LogP contribution is -2.29. The summed E-state index contributed by atoms with van der Waals surface area (Å²) in [4.78, 5) is 18.0. The third-order valence-electron chi connectivity index (χ3n) is 3.88. The molecule has 112 valence electrons. The Labute approximate surface area is 126 Å². The van der Waals surface area contributed by atoms with Crippen molar-refractivity contribution in [2.75, 3.05) is 13.6 Å². The molecule has 0 aliphatic carbocycles. The van der Waals surface area contributed by atoms with E-state index in [1.54, 1.807) is 12.4 Å². The molecule has 0 aromatic carbocycles. The van der Waals surface area contributed by atoms with Gasteiger partial charge in [-0.1, -0.05) is 0 Å². The smallest absolute Gasteiger partial charge is 0.224 e. The molecule has 0 aliphatic heterocycles. The maximum absolute atomic E-state index is 12.2. The van der Waals surface area contributed by atoms with Crippen molar-refractivity contribution >= 4 is 5.91 Å². The molecule has 0 aliphatic rings. The lowest BCUT2D eigenvalue weighted by molar-refractivity contribution is -0.130. The Balaban J connectivity index is 1.80. The Kier molecular flexibility index (Phi) is 5.14. The van der Waals surface area contributed by atoms with Crippen molar-refractivity contribution in [2.24, 2.45) is 0 Å². The average molecular weight is 285 g/mol. The zero-order valence-electron chi connectivity index (χ0n) is 13.0. The van der Waals surface area contributed by atoms with Crippen LogP contribution in [0.5, 0.6) is 0 Å². The fraction of sp³-hybridized carbons (Fsp3) is 0.412. The third kappa shape index (κ3) is 4.18. The van der Waals surface area contributed by atoms with Gasteiger partial charge >= 0.3 is 0 Å². The van der Waals surface area contributed by atoms with Crippen molar-refractivity contribution in [3.05, 3.63) is 53.6 Å². The van der Waals surface area contributed by atoms with Gasteiger partial charge in [0, 0.05) is 50.3 Å². The molecule has 2 aromatic heterocycles. The van der Waals surface area contributed by atoms with Crippen LogP contribution in [-0.2, 0) is 17.8 Å². The number of likely N-dealkylation sites (N-methyl/N-ethyl adjacent to an activating group) is 1. The van der Waals surface area contributed by atoms with Gasteiger partial charge in [-0.2, -0.15) is 0 Å². The van der Waals surface area contributed by atoms with Gasteiger partial charge in [-0.05, 0) is 50.1 Å². The van der Waals surface area contributed by atoms with Gasteiger partial charge < -0.3 is 9.47 Å². The van der Waals surface area contributed by atoms with Gasteiger partial charge in [0.25, 0.3) is 0 Å². The Morgan fingerprint density at radius 1 is 1.14 bits per heavy atom. The van der Waals surface area contributed by atoms with Crippen LogP contribution in [0.4, 0.5) is 0 Å². The van der Waals surface area contributed by atoms with Crippen LogP contribution in [0.3, 0.4) is 0 Å². The zero-order valence-corrected chi connectivity index (χ0v) is 13.0. The van der Waals surface area contributed by atoms with Crippen LogP contribution >= 0.6 is 0 Å². The zero-order chi connectivity index (χ0) is 15.2. The topological polar surface area (TPSA) is 38.1 Å². The Bertz CT molecular complexity index is 570. The van der Waals surface area contributed by atoms with Gasteiger partial charge in [-0.25, -0.2) is 0 Å². The number of rotatable bonds is 6. The SMILES string of the molecule is Cc1ccc(C)n1CCC(=O)N(C)CCc1ccncc1. The molecule has 0 bridgehead atoms. The van der Waals surface area contributed by atoms with E-state index in [0.717, 1.165) is 19.5 Å². The molecule has 0 spiro atoms. The highest BCUT2D eigenvalue weighted by Gasteiger charge is 2.10. The summed E-state index contributed by atoms with van der Waals surface area (Å²) in [6.45, 7) is 5.64. The molecule has 0 atom stereocenters. The molecule has 2 heterocycles. The predicted molar refractivity (Wildman–Crippen MR) is 84.1 cm³/mol. The van der Waals surface area contributed by atoms with E-state index in [1.165, 1.54) is 17.0 Å². The van der Waals surface area contributed by atoms with Crippen molar-refractivity contribution < 1.29 is 4.79 Å². The monoisotopic (exact) mass is 285 g/mol. The van der Waals surface area contributed by atoms with Gasteiger partial charge in [-0.15, -0.1) is 0 Å². The summed E-state index contributed by atoms with van der Waals surface area (Å²) in [5.41, 5.74) is 3.63. The number of hydrogen-bond donors (Lipinski definition) is 0. The molecule has 0 radical (unpaired) electrons. The molecule has 4 heteroatoms. The first-order valence-electron chi connectivity index (χ1n) is 7.33. The quantitative estimate of drug-likeness (QED) is 0.818. The summed E-state index contributed by atoms with van der Waals surface area (Å²) in [5, 5.41) is 0. The molecule has 0 fully saturated rings. The maximum Gasteiger partial charge on any atom is 0.224 e. The number of pyridine rings is 1. The minimum Gasteiger partial charge on any atom is -0.349 e. The lowest BCUT2D eigenvalue weighted by atomic mass is 10.2. The highest BCUT2D eigenvalue weighted by atomic mass is 16.2. The molecule has 1 amide bonds. The van der Waals surface area contributed by atoms with Crippen LogP contribution in [0.2, 0.25) is 0 Å². The first-order chi connectivity index (χ1) is 10.1. The van der Waals surface area contributed by atoms with Crippen LogP contribution in [0, 0.1) is 13.8 Å². The summed E-state index contributed by atoms with van der Waals surface area (Å²) in [7, 11) is 1.87. The van der Waals surface area contributed by atoms with Crippen LogP contribution in [-0.4, -0.2) is 34.0 Å². The second-order valence-corrected chi connectivity index (χ2v) is 5.44. The summed E-state index contributed by atoms with van der Waals surface area (Å²) >= 11 is 0. The summed E-state index contributed by atoms with van der Waals surface area (Å²) in [6, 6.07) is 8.16. The van der Waals surface area contributed by atoms with Crippen LogP contribution < -0.4 is 0 Å². The Morgan fingerprint density at radius 3 is 2.38 bits per heavy atom. The fourth-order valence-corrected chi connectivity index (χ4v) is 2.42. The second-order valence-electron chi connectivity index (χ2n) is 5.44. The second kappa shape index (κ2) is 7.07. The molecule has 0 saturated carbocycles. The van der Waals surface area contributed by atoms with E-state index in [9.17, 15) is 4.79 Å². The molecule has 0 unspecified atom stereocenters. The summed E-state index contributed by atoms with van der Waals surface area (Å²) < 4.78 is 2.19. The highest BCUT2D eigenvalue weighted by molar-refractivity contribution is 5.75. The highest BCUT2D eigenvalue weighted by Crippen LogP contribution is 2.09. The van der Waals surface area contributed by atoms with Gasteiger partial charge in [0.1, 0.15) is 0 Å². The normalized spacial score (nSPS) is 10.6. The molecular weight excluding hydrogens is 262 g/mol. The maximum atomic E-state index is 12.2. The van der Waals surface area contributed by atoms with Crippen molar-refractivity contribution in [1.29, 1.82) is 0 Å². The first kappa shape index (κ1) is 15.3. The number of carbonyl (C=O) groups is 1. The minimum atomic E-state index is 0.191. The number of aromatic nitrogens is 2. The number of nitrogens with zero attached hydrogens (tertiary/aromatic N) is 3. The van der Waals surface area contributed by atoms with Crippen molar-refractivity contribution in [3.8, 4) is 0 Å². The van der Waals surface area contributed by atoms with E-state index < -0.39 is 0 Å². The molecule has 21 heavy (non-hydrogen) atoms. The lowest BCUT2D eigenvalue weighted by Gasteiger charge is -2.18. The van der Waals surface area contributed by atoms with E-state index >= 15 is 0 Å². The van der Waals surface area contributed by atoms with Crippen molar-refractivity contribution in [3.63, 3.8) is 0 Å². The molecule has 4 nitrogen and oxygen atoms in total. The van der Waals surface area contributed by atoms with Gasteiger partial charge in [-0.3, -0.25) is 9.78 Å². The summed E-state index contributed by atoms with van der Waals surface area (Å²) in [6.07, 6.45) is 4.99. The van der Waals surface area contributed by atoms with Crippen LogP contribution in [0.1, 0.15) is 23.4 Å². The third-order valence-corrected chi connectivity index (χ3v) is 3.88. The summed E-state index contributed by atoms with van der Waals surface area (Å²) in [5.74, 6) is 0.191. The van der Waals surface area contributed by atoms with E-state index in [1.807, 2.05) is 24.1 Å². The first-order valence-corrected chi connectivity index (χ1v) is 7.33. The van der Waals surface area contributed by atoms with Crippen molar-refractivity contribution in [2.45, 2.75) is 33.2 Å². The Morgan fingerprint density at radius 2 is 1.76 bits per heavy atom. The number of hydrogen-bond acceptors (Lipinski definition) is 2. The van der Waals surface area contributed by atoms with Crippen molar-refractivity contribution in [1.82, 2.24) is 14.5 Å². The van der Waals surface area contributed by atoms with Crippen LogP contribution in [0.25, 0.3) is 0 Å². The van der Waals surface area contributed by atoms with Crippen LogP contribution in [0.15, 0.2) is 36.7 Å². The van der Waals surface area contributed by atoms with E-state index in [4.69, 9.17) is 0 Å². The largest absolute Gasteiger partial charge is 0.349 e. The number of amides is 1. The Hall–Kier alpha value is -2.10. The van der Waals surface area contributed by atoms with Gasteiger partial charge in [0.2, 0.25) is 5.91 Å².